The van der Waals surface area contributed by atoms with E-state index in [4.69, 9.17) is 19.4 Å². The van der Waals surface area contributed by atoms with Crippen molar-refractivity contribution < 1.29 is 22.7 Å². The van der Waals surface area contributed by atoms with E-state index in [1.807, 2.05) is 36.4 Å². The number of hydrogen-bond acceptors (Lipinski definition) is 9. The van der Waals surface area contributed by atoms with Gasteiger partial charge >= 0.3 is 0 Å². The second kappa shape index (κ2) is 11.4. The van der Waals surface area contributed by atoms with Crippen LogP contribution in [0.2, 0.25) is 0 Å². The normalized spacial score (nSPS) is 21.9. The predicted octanol–water partition coefficient (Wildman–Crippen LogP) is 3.93. The van der Waals surface area contributed by atoms with Crippen LogP contribution in [-0.2, 0) is 32.5 Å². The van der Waals surface area contributed by atoms with Gasteiger partial charge in [0, 0.05) is 30.2 Å². The van der Waals surface area contributed by atoms with Crippen LogP contribution in [0.15, 0.2) is 65.7 Å². The lowest BCUT2D eigenvalue weighted by atomic mass is 10.1. The van der Waals surface area contributed by atoms with E-state index in [2.05, 4.69) is 29.0 Å². The maximum absolute atomic E-state index is 13.0. The van der Waals surface area contributed by atoms with Gasteiger partial charge in [-0.25, -0.2) is 18.4 Å². The Morgan fingerprint density at radius 1 is 1.00 bits per heavy atom. The molecule has 6 rings (SSSR count). The molecular weight excluding hydrogens is 554 g/mol. The molecule has 0 saturated carbocycles. The maximum atomic E-state index is 13.0. The summed E-state index contributed by atoms with van der Waals surface area (Å²) in [5.74, 6) is 0.504. The molecule has 1 saturated heterocycles. The van der Waals surface area contributed by atoms with Gasteiger partial charge in [-0.2, -0.15) is 0 Å². The van der Waals surface area contributed by atoms with Crippen molar-refractivity contribution in [3.63, 3.8) is 0 Å². The third-order valence-corrected chi connectivity index (χ3v) is 9.77. The third-order valence-electron chi connectivity index (χ3n) is 7.58. The Morgan fingerprint density at radius 3 is 2.60 bits per heavy atom. The summed E-state index contributed by atoms with van der Waals surface area (Å²) in [7, 11) is -3.58. The van der Waals surface area contributed by atoms with Crippen LogP contribution in [-0.4, -0.2) is 66.4 Å². The van der Waals surface area contributed by atoms with Gasteiger partial charge in [0.2, 0.25) is 0 Å². The summed E-state index contributed by atoms with van der Waals surface area (Å²) in [4.78, 5) is 29.6. The summed E-state index contributed by atoms with van der Waals surface area (Å²) in [5.41, 5.74) is 3.70. The van der Waals surface area contributed by atoms with Crippen molar-refractivity contribution >= 4 is 32.5 Å². The molecule has 11 heteroatoms. The first-order valence-electron chi connectivity index (χ1n) is 14.0. The summed E-state index contributed by atoms with van der Waals surface area (Å²) in [6.07, 6.45) is 1.99. The number of fused-ring (bicyclic) bond motifs is 2. The van der Waals surface area contributed by atoms with Gasteiger partial charge in [-0.05, 0) is 68.8 Å². The number of benzene rings is 1. The molecule has 10 nitrogen and oxygen atoms in total. The third kappa shape index (κ3) is 5.72. The molecule has 2 aliphatic rings. The van der Waals surface area contributed by atoms with Crippen LogP contribution in [0, 0.1) is 0 Å². The van der Waals surface area contributed by atoms with Crippen molar-refractivity contribution in [2.45, 2.75) is 56.3 Å². The molecule has 0 aliphatic carbocycles. The SMILES string of the molecule is CC1COCc2ccc(C(=O)NCc3cc4nc(-c5cccc(N6C[C@@H](C)O[C@@H](C)C6)n5)ccc4cn3)cc2S1(=O)=O. The van der Waals surface area contributed by atoms with E-state index < -0.39 is 15.1 Å². The van der Waals surface area contributed by atoms with E-state index in [1.165, 1.54) is 6.07 Å². The molecule has 0 spiro atoms. The number of carbonyl (C=O) groups excluding carboxylic acids is 1. The molecule has 3 atom stereocenters. The number of carbonyl (C=O) groups is 1. The van der Waals surface area contributed by atoms with Crippen LogP contribution in [0.5, 0.6) is 0 Å². The van der Waals surface area contributed by atoms with Gasteiger partial charge < -0.3 is 19.7 Å². The van der Waals surface area contributed by atoms with E-state index in [-0.39, 0.29) is 48.3 Å². The highest BCUT2D eigenvalue weighted by molar-refractivity contribution is 7.92. The van der Waals surface area contributed by atoms with Gasteiger partial charge in [0.15, 0.2) is 9.84 Å². The summed E-state index contributed by atoms with van der Waals surface area (Å²) in [5, 5.41) is 3.04. The Morgan fingerprint density at radius 2 is 1.79 bits per heavy atom. The summed E-state index contributed by atoms with van der Waals surface area (Å²) in [6, 6.07) is 16.4. The molecule has 2 aliphatic heterocycles. The minimum atomic E-state index is -3.58. The maximum Gasteiger partial charge on any atom is 0.251 e. The number of hydrogen-bond donors (Lipinski definition) is 1. The Hall–Kier alpha value is -3.93. The molecule has 1 unspecified atom stereocenters. The number of pyridine rings is 3. The molecule has 5 heterocycles. The minimum Gasteiger partial charge on any atom is -0.375 e. The number of sulfone groups is 1. The Labute approximate surface area is 245 Å². The van der Waals surface area contributed by atoms with E-state index in [9.17, 15) is 13.2 Å². The highest BCUT2D eigenvalue weighted by atomic mass is 32.2. The quantitative estimate of drug-likeness (QED) is 0.370. The number of rotatable bonds is 5. The van der Waals surface area contributed by atoms with Gasteiger partial charge in [-0.15, -0.1) is 0 Å². The van der Waals surface area contributed by atoms with Gasteiger partial charge in [-0.1, -0.05) is 12.1 Å². The molecule has 1 amide bonds. The minimum absolute atomic E-state index is 0.121. The van der Waals surface area contributed by atoms with Gasteiger partial charge in [0.25, 0.3) is 5.91 Å². The van der Waals surface area contributed by atoms with Crippen molar-refractivity contribution in [2.24, 2.45) is 0 Å². The number of aromatic nitrogens is 3. The first-order chi connectivity index (χ1) is 20.2. The average Bonchev–Trinajstić information content (AvgIpc) is 3.09. The van der Waals surface area contributed by atoms with Crippen molar-refractivity contribution in [3.05, 3.63) is 77.6 Å². The topological polar surface area (TPSA) is 124 Å². The predicted molar refractivity (Wildman–Crippen MR) is 159 cm³/mol. The lowest BCUT2D eigenvalue weighted by molar-refractivity contribution is -0.00545. The Kier molecular flexibility index (Phi) is 7.65. The highest BCUT2D eigenvalue weighted by Gasteiger charge is 2.30. The van der Waals surface area contributed by atoms with Crippen molar-refractivity contribution in [1.82, 2.24) is 20.3 Å². The number of nitrogens with one attached hydrogen (secondary N) is 1. The summed E-state index contributed by atoms with van der Waals surface area (Å²) >= 11 is 0. The van der Waals surface area contributed by atoms with Gasteiger partial charge in [0.1, 0.15) is 5.82 Å². The van der Waals surface area contributed by atoms with E-state index in [0.29, 0.717) is 11.3 Å². The number of morpholine rings is 1. The number of nitrogens with zero attached hydrogens (tertiary/aromatic N) is 4. The molecular formula is C31H33N5O5S. The fraction of sp³-hybridized carbons (Fsp3) is 0.355. The monoisotopic (exact) mass is 587 g/mol. The van der Waals surface area contributed by atoms with Crippen molar-refractivity contribution in [2.75, 3.05) is 24.6 Å². The van der Waals surface area contributed by atoms with E-state index in [0.717, 1.165) is 41.2 Å². The standard InChI is InChI=1S/C31H33N5O5S/c1-19-15-36(16-20(2)41-19)30-6-4-5-26(35-30)27-10-9-23-13-32-25(12-28(23)34-27)14-33-31(37)22-7-8-24-18-40-17-21(3)42(38,39)29(24)11-22/h4-13,19-21H,14-18H2,1-3H3,(H,33,37)/t19-,20+,21?. The lowest BCUT2D eigenvalue weighted by Crippen LogP contribution is -2.45. The van der Waals surface area contributed by atoms with Crippen LogP contribution in [0.25, 0.3) is 22.3 Å². The molecule has 218 valence electrons. The summed E-state index contributed by atoms with van der Waals surface area (Å²) in [6.45, 7) is 7.78. The molecule has 1 N–H and O–H groups in total. The number of amides is 1. The number of anilines is 1. The zero-order valence-corrected chi connectivity index (χ0v) is 24.6. The second-order valence-corrected chi connectivity index (χ2v) is 13.3. The first kappa shape index (κ1) is 28.2. The van der Waals surface area contributed by atoms with E-state index in [1.54, 1.807) is 25.3 Å². The Bertz CT molecular complexity index is 1750. The smallest absolute Gasteiger partial charge is 0.251 e. The first-order valence-corrected chi connectivity index (χ1v) is 15.6. The molecule has 42 heavy (non-hydrogen) atoms. The Balaban J connectivity index is 1.19. The van der Waals surface area contributed by atoms with Crippen LogP contribution >= 0.6 is 0 Å². The zero-order valence-electron chi connectivity index (χ0n) is 23.8. The molecule has 1 aromatic carbocycles. The van der Waals surface area contributed by atoms with Crippen LogP contribution in [0.1, 0.15) is 42.4 Å². The molecule has 3 aromatic heterocycles. The highest BCUT2D eigenvalue weighted by Crippen LogP contribution is 2.27. The largest absolute Gasteiger partial charge is 0.375 e. The fourth-order valence-corrected chi connectivity index (χ4v) is 6.89. The van der Waals surface area contributed by atoms with Crippen molar-refractivity contribution in [3.8, 4) is 11.4 Å². The van der Waals surface area contributed by atoms with Gasteiger partial charge in [-0.3, -0.25) is 9.78 Å². The molecule has 0 bridgehead atoms. The zero-order chi connectivity index (χ0) is 29.4. The van der Waals surface area contributed by atoms with Crippen molar-refractivity contribution in [1.29, 1.82) is 0 Å². The number of ether oxygens (including phenoxy) is 2. The average molecular weight is 588 g/mol. The van der Waals surface area contributed by atoms with Crippen LogP contribution in [0.4, 0.5) is 5.82 Å². The van der Waals surface area contributed by atoms with Gasteiger partial charge in [0.05, 0.1) is 64.7 Å². The van der Waals surface area contributed by atoms with E-state index >= 15 is 0 Å². The summed E-state index contributed by atoms with van der Waals surface area (Å²) < 4.78 is 37.2. The molecule has 1 fully saturated rings. The van der Waals surface area contributed by atoms with Crippen LogP contribution in [0.3, 0.4) is 0 Å². The second-order valence-electron chi connectivity index (χ2n) is 11.0. The molecule has 4 aromatic rings. The fourth-order valence-electron chi connectivity index (χ4n) is 5.40. The lowest BCUT2D eigenvalue weighted by Gasteiger charge is -2.36. The molecule has 0 radical (unpaired) electrons. The van der Waals surface area contributed by atoms with Crippen LogP contribution < -0.4 is 10.2 Å².